The summed E-state index contributed by atoms with van der Waals surface area (Å²) < 4.78 is 0. The van der Waals surface area contributed by atoms with Crippen molar-refractivity contribution in [2.45, 2.75) is 30.2 Å². The Hall–Kier alpha value is -1.52. The van der Waals surface area contributed by atoms with Crippen molar-refractivity contribution in [1.29, 1.82) is 0 Å². The van der Waals surface area contributed by atoms with Gasteiger partial charge in [-0.15, -0.1) is 11.8 Å². The average molecular weight is 357 g/mol. The molecule has 0 amide bonds. The topological polar surface area (TPSA) is 15.3 Å². The van der Waals surface area contributed by atoms with Crippen molar-refractivity contribution in [2.24, 2.45) is 0 Å². The normalized spacial score (nSPS) is 16.3. The van der Waals surface area contributed by atoms with Crippen molar-refractivity contribution in [3.05, 3.63) is 65.7 Å². The molecule has 1 N–H and O–H groups in total. The van der Waals surface area contributed by atoms with Gasteiger partial charge in [0.25, 0.3) is 0 Å². The summed E-state index contributed by atoms with van der Waals surface area (Å²) in [7, 11) is 2.12. The highest BCUT2D eigenvalue weighted by atomic mass is 32.2. The van der Waals surface area contributed by atoms with E-state index in [0.717, 1.165) is 17.4 Å². The van der Waals surface area contributed by atoms with E-state index >= 15 is 0 Å². The number of aryl methyl sites for hydroxylation is 1. The fraction of sp³-hybridized carbons (Fsp3) is 0.350. The number of fused-ring (bicyclic) bond motifs is 1. The maximum atomic E-state index is 5.62. The molecule has 1 aliphatic rings. The van der Waals surface area contributed by atoms with Crippen LogP contribution in [0.25, 0.3) is 0 Å². The van der Waals surface area contributed by atoms with Crippen LogP contribution in [0.1, 0.15) is 30.0 Å². The fourth-order valence-corrected chi connectivity index (χ4v) is 4.26. The number of benzene rings is 2. The maximum Gasteiger partial charge on any atom is 0.169 e. The number of nitrogens with one attached hydrogen (secondary N) is 1. The van der Waals surface area contributed by atoms with E-state index in [-0.39, 0.29) is 0 Å². The summed E-state index contributed by atoms with van der Waals surface area (Å²) in [5.41, 5.74) is 2.91. The summed E-state index contributed by atoms with van der Waals surface area (Å²) >= 11 is 7.48. The van der Waals surface area contributed by atoms with Gasteiger partial charge in [0.2, 0.25) is 0 Å². The number of nitrogens with zero attached hydrogens (tertiary/aromatic N) is 1. The molecule has 0 aliphatic heterocycles. The van der Waals surface area contributed by atoms with E-state index in [1.165, 1.54) is 35.3 Å². The van der Waals surface area contributed by atoms with Gasteiger partial charge < -0.3 is 10.2 Å². The van der Waals surface area contributed by atoms with Crippen LogP contribution in [0.4, 0.5) is 0 Å². The Labute approximate surface area is 154 Å². The van der Waals surface area contributed by atoms with E-state index in [9.17, 15) is 0 Å². The van der Waals surface area contributed by atoms with E-state index in [0.29, 0.717) is 6.04 Å². The van der Waals surface area contributed by atoms with Crippen LogP contribution in [0.2, 0.25) is 0 Å². The van der Waals surface area contributed by atoms with Gasteiger partial charge in [-0.2, -0.15) is 0 Å². The van der Waals surface area contributed by atoms with Crippen molar-refractivity contribution in [3.8, 4) is 0 Å². The van der Waals surface area contributed by atoms with Crippen molar-refractivity contribution in [1.82, 2.24) is 10.2 Å². The van der Waals surface area contributed by atoms with Gasteiger partial charge in [-0.25, -0.2) is 0 Å². The molecule has 0 heterocycles. The zero-order chi connectivity index (χ0) is 16.8. The maximum absolute atomic E-state index is 5.62. The molecule has 1 atom stereocenters. The second kappa shape index (κ2) is 8.54. The zero-order valence-corrected chi connectivity index (χ0v) is 15.7. The molecule has 0 aromatic heterocycles. The molecule has 0 fully saturated rings. The van der Waals surface area contributed by atoms with Crippen LogP contribution in [0.15, 0.2) is 59.5 Å². The molecule has 0 bridgehead atoms. The van der Waals surface area contributed by atoms with Gasteiger partial charge in [0.15, 0.2) is 5.11 Å². The van der Waals surface area contributed by atoms with Gasteiger partial charge in [-0.05, 0) is 54.7 Å². The zero-order valence-electron chi connectivity index (χ0n) is 14.1. The van der Waals surface area contributed by atoms with Crippen LogP contribution in [0, 0.1) is 0 Å². The molecule has 0 saturated heterocycles. The van der Waals surface area contributed by atoms with Gasteiger partial charge >= 0.3 is 0 Å². The van der Waals surface area contributed by atoms with Crippen LogP contribution in [-0.2, 0) is 6.42 Å². The molecule has 0 saturated carbocycles. The lowest BCUT2D eigenvalue weighted by atomic mass is 9.87. The fourth-order valence-electron chi connectivity index (χ4n) is 3.24. The molecule has 2 nitrogen and oxygen atoms in total. The minimum atomic E-state index is 0.400. The van der Waals surface area contributed by atoms with E-state index in [1.54, 1.807) is 0 Å². The lowest BCUT2D eigenvalue weighted by molar-refractivity contribution is 0.328. The minimum absolute atomic E-state index is 0.400. The Morgan fingerprint density at radius 2 is 1.92 bits per heavy atom. The van der Waals surface area contributed by atoms with Gasteiger partial charge in [0, 0.05) is 24.2 Å². The first-order valence-electron chi connectivity index (χ1n) is 8.52. The predicted octanol–water partition coefficient (Wildman–Crippen LogP) is 4.66. The molecular formula is C20H24N2S2. The SMILES string of the molecule is CN(C(=S)NCCSc1ccccc1)[C@H]1CCCc2ccccc21. The highest BCUT2D eigenvalue weighted by molar-refractivity contribution is 7.99. The third-order valence-electron chi connectivity index (χ3n) is 4.52. The Kier molecular flexibility index (Phi) is 6.16. The van der Waals surface area contributed by atoms with Crippen LogP contribution in [0.5, 0.6) is 0 Å². The molecule has 0 radical (unpaired) electrons. The molecule has 1 aliphatic carbocycles. The molecular weight excluding hydrogens is 332 g/mol. The van der Waals surface area contributed by atoms with Crippen molar-refractivity contribution >= 4 is 29.1 Å². The molecule has 0 unspecified atom stereocenters. The monoisotopic (exact) mass is 356 g/mol. The average Bonchev–Trinajstić information content (AvgIpc) is 2.65. The number of thioether (sulfide) groups is 1. The first kappa shape index (κ1) is 17.3. The number of hydrogen-bond acceptors (Lipinski definition) is 2. The largest absolute Gasteiger partial charge is 0.362 e. The molecule has 126 valence electrons. The lowest BCUT2D eigenvalue weighted by Gasteiger charge is -2.35. The highest BCUT2D eigenvalue weighted by Gasteiger charge is 2.24. The summed E-state index contributed by atoms with van der Waals surface area (Å²) in [5, 5.41) is 4.27. The molecule has 4 heteroatoms. The van der Waals surface area contributed by atoms with Crippen LogP contribution in [0.3, 0.4) is 0 Å². The van der Waals surface area contributed by atoms with Crippen LogP contribution in [-0.4, -0.2) is 29.4 Å². The van der Waals surface area contributed by atoms with Gasteiger partial charge in [0.1, 0.15) is 0 Å². The van der Waals surface area contributed by atoms with Crippen LogP contribution < -0.4 is 5.32 Å². The predicted molar refractivity (Wildman–Crippen MR) is 108 cm³/mol. The standard InChI is InChI=1S/C20H24N2S2/c1-22(19-13-7-9-16-8-5-6-12-18(16)19)20(23)21-14-15-24-17-10-3-2-4-11-17/h2-6,8,10-12,19H,7,9,13-15H2,1H3,(H,21,23)/t19-/m0/s1. The Morgan fingerprint density at radius 1 is 1.17 bits per heavy atom. The van der Waals surface area contributed by atoms with Gasteiger partial charge in [-0.1, -0.05) is 42.5 Å². The molecule has 0 spiro atoms. The van der Waals surface area contributed by atoms with Gasteiger partial charge in [0.05, 0.1) is 6.04 Å². The summed E-state index contributed by atoms with van der Waals surface area (Å²) in [6, 6.07) is 19.7. The van der Waals surface area contributed by atoms with Crippen LogP contribution >= 0.6 is 24.0 Å². The number of hydrogen-bond donors (Lipinski definition) is 1. The Bertz CT molecular complexity index is 672. The summed E-state index contributed by atoms with van der Waals surface area (Å²) in [6.07, 6.45) is 3.60. The molecule has 2 aromatic rings. The van der Waals surface area contributed by atoms with E-state index in [1.807, 2.05) is 11.8 Å². The second-order valence-corrected chi connectivity index (χ2v) is 7.67. The van der Waals surface area contributed by atoms with E-state index in [4.69, 9.17) is 12.2 Å². The molecule has 24 heavy (non-hydrogen) atoms. The first-order chi connectivity index (χ1) is 11.8. The highest BCUT2D eigenvalue weighted by Crippen LogP contribution is 2.33. The lowest BCUT2D eigenvalue weighted by Crippen LogP contribution is -2.41. The number of thiocarbonyl (C=S) groups is 1. The van der Waals surface area contributed by atoms with Gasteiger partial charge in [-0.3, -0.25) is 0 Å². The number of rotatable bonds is 5. The smallest absolute Gasteiger partial charge is 0.169 e. The summed E-state index contributed by atoms with van der Waals surface area (Å²) in [4.78, 5) is 3.54. The van der Waals surface area contributed by atoms with E-state index in [2.05, 4.69) is 71.9 Å². The minimum Gasteiger partial charge on any atom is -0.362 e. The Morgan fingerprint density at radius 3 is 2.75 bits per heavy atom. The third kappa shape index (κ3) is 4.31. The summed E-state index contributed by atoms with van der Waals surface area (Å²) in [5.74, 6) is 1.01. The Balaban J connectivity index is 1.50. The van der Waals surface area contributed by atoms with Crippen molar-refractivity contribution in [2.75, 3.05) is 19.3 Å². The van der Waals surface area contributed by atoms with Crippen molar-refractivity contribution < 1.29 is 0 Å². The quantitative estimate of drug-likeness (QED) is 0.476. The van der Waals surface area contributed by atoms with Crippen molar-refractivity contribution in [3.63, 3.8) is 0 Å². The third-order valence-corrected chi connectivity index (χ3v) is 5.96. The molecule has 2 aromatic carbocycles. The molecule has 3 rings (SSSR count). The van der Waals surface area contributed by atoms with E-state index < -0.39 is 0 Å². The summed E-state index contributed by atoms with van der Waals surface area (Å²) in [6.45, 7) is 0.886. The second-order valence-electron chi connectivity index (χ2n) is 6.11. The first-order valence-corrected chi connectivity index (χ1v) is 9.91.